The number of phosphoric ester groups is 1. The fourth-order valence-electron chi connectivity index (χ4n) is 2.93. The summed E-state index contributed by atoms with van der Waals surface area (Å²) in [6.07, 6.45) is -17.8. The summed E-state index contributed by atoms with van der Waals surface area (Å²) in [5.41, 5.74) is -1.91. The first kappa shape index (κ1) is 43.0. The number of hydrogen-bond acceptors (Lipinski definition) is 18. The Morgan fingerprint density at radius 1 is 1.12 bits per heavy atom. The molecule has 40 heavy (non-hydrogen) atoms. The average molecular weight is 646 g/mol. The van der Waals surface area contributed by atoms with E-state index >= 15 is 0 Å². The molecular weight excluding hydrogens is 627 g/mol. The maximum absolute atomic E-state index is 12.7. The van der Waals surface area contributed by atoms with E-state index in [2.05, 4.69) is 13.4 Å². The van der Waals surface area contributed by atoms with Crippen LogP contribution in [0.25, 0.3) is 0 Å². The van der Waals surface area contributed by atoms with E-state index in [1.54, 1.807) is 0 Å². The number of phosphoric acid groups is 2. The molecule has 0 saturated carbocycles. The molecule has 0 aromatic carbocycles. The number of carbonyl (C=O) groups excluding carboxylic acids is 2. The number of H-pyrrole nitrogens is 1. The number of carboxylic acids is 1. The topological polar surface area (TPSA) is 330 Å². The van der Waals surface area contributed by atoms with E-state index < -0.39 is 88.4 Å². The molecule has 1 aromatic rings. The van der Waals surface area contributed by atoms with Crippen LogP contribution in [-0.2, 0) is 36.8 Å². The van der Waals surface area contributed by atoms with Crippen LogP contribution in [0.1, 0.15) is 6.23 Å². The van der Waals surface area contributed by atoms with Gasteiger partial charge in [0.25, 0.3) is 5.56 Å². The van der Waals surface area contributed by atoms with Gasteiger partial charge in [0, 0.05) is 12.3 Å². The van der Waals surface area contributed by atoms with Crippen molar-refractivity contribution in [3.63, 3.8) is 0 Å². The van der Waals surface area contributed by atoms with Gasteiger partial charge in [0.1, 0.15) is 42.7 Å². The van der Waals surface area contributed by atoms with Crippen molar-refractivity contribution in [1.82, 2.24) is 9.55 Å². The number of rotatable bonds is 13. The fourth-order valence-corrected chi connectivity index (χ4v) is 5.13. The van der Waals surface area contributed by atoms with Crippen molar-refractivity contribution in [2.75, 3.05) is 6.61 Å². The number of carbonyl (C=O) groups is 2. The van der Waals surface area contributed by atoms with E-state index in [9.17, 15) is 68.7 Å². The molecule has 1 aliphatic heterocycles. The quantitative estimate of drug-likeness (QED) is 0.0658. The molecule has 9 atom stereocenters. The summed E-state index contributed by atoms with van der Waals surface area (Å²) in [4.78, 5) is 68.9. The molecule has 25 heteroatoms. The molecule has 1 fully saturated rings. The Morgan fingerprint density at radius 2 is 1.70 bits per heavy atom. The molecule has 6 N–H and O–H groups in total. The number of ether oxygens (including phenoxy) is 1. The first-order chi connectivity index (χ1) is 17.0. The van der Waals surface area contributed by atoms with Gasteiger partial charge in [-0.2, -0.15) is 0 Å². The van der Waals surface area contributed by atoms with Crippen LogP contribution in [0.4, 0.5) is 0 Å². The van der Waals surface area contributed by atoms with Crippen LogP contribution in [0.3, 0.4) is 0 Å². The zero-order chi connectivity index (χ0) is 28.3. The number of carboxylic acid groups (broad SMARTS) is 1. The summed E-state index contributed by atoms with van der Waals surface area (Å²) in [6.45, 7) is -1.29. The van der Waals surface area contributed by atoms with Crippen molar-refractivity contribution >= 4 is 27.9 Å². The third-order valence-corrected chi connectivity index (χ3v) is 7.23. The van der Waals surface area contributed by atoms with Crippen LogP contribution >= 0.6 is 15.6 Å². The van der Waals surface area contributed by atoms with Crippen LogP contribution < -0.4 is 115 Å². The third kappa shape index (κ3) is 11.7. The van der Waals surface area contributed by atoms with Gasteiger partial charge in [0.15, 0.2) is 12.5 Å². The number of nitrogens with one attached hydrogen (secondary N) is 1. The van der Waals surface area contributed by atoms with E-state index in [0.29, 0.717) is 4.57 Å². The van der Waals surface area contributed by atoms with E-state index in [1.807, 2.05) is 4.98 Å². The number of aliphatic hydroxyl groups is 5. The van der Waals surface area contributed by atoms with Crippen LogP contribution in [-0.4, -0.2) is 96.7 Å². The first-order valence-electron chi connectivity index (χ1n) is 9.69. The maximum atomic E-state index is 12.7. The fraction of sp³-hybridized carbons (Fsp3) is 0.600. The molecule has 1 aliphatic rings. The Hall–Kier alpha value is 0.840. The SMILES string of the molecule is O=C[C@H](O)[C@@H](O)[C@H](O)[C@H](OP(=O)(OC[C@H]1O[C@@H](n2ccc(=O)[nH]c2=O)[C@H](O)[C@@H]1O)OP(=O)([O-])[O-])C(=O)[O-].[Na+].[Na+].[Na+]. The van der Waals surface area contributed by atoms with Crippen molar-refractivity contribution in [2.24, 2.45) is 0 Å². The van der Waals surface area contributed by atoms with Gasteiger partial charge >= 0.3 is 102 Å². The Labute approximate surface area is 289 Å². The minimum absolute atomic E-state index is 0. The van der Waals surface area contributed by atoms with Crippen LogP contribution in [0.15, 0.2) is 21.9 Å². The summed E-state index contributed by atoms with van der Waals surface area (Å²) in [6, 6.07) is 0.852. The zero-order valence-electron chi connectivity index (χ0n) is 20.9. The van der Waals surface area contributed by atoms with Gasteiger partial charge < -0.3 is 59.3 Å². The number of aromatic amines is 1. The Morgan fingerprint density at radius 3 is 2.17 bits per heavy atom. The maximum Gasteiger partial charge on any atom is 1.00 e. The van der Waals surface area contributed by atoms with Crippen LogP contribution in [0, 0.1) is 0 Å². The predicted octanol–water partition coefficient (Wildman–Crippen LogP) is -16.4. The monoisotopic (exact) mass is 646 g/mol. The number of aldehydes is 1. The van der Waals surface area contributed by atoms with E-state index in [4.69, 9.17) is 4.74 Å². The first-order valence-corrected chi connectivity index (χ1v) is 12.6. The van der Waals surface area contributed by atoms with Gasteiger partial charge in [-0.1, -0.05) is 0 Å². The van der Waals surface area contributed by atoms with Gasteiger partial charge in [-0.3, -0.25) is 27.7 Å². The number of hydrogen-bond donors (Lipinski definition) is 6. The summed E-state index contributed by atoms with van der Waals surface area (Å²) >= 11 is 0. The minimum atomic E-state index is -6.32. The standard InChI is InChI=1S/C15H22N2O18P2.3Na/c18-3-5(19)8(21)10(23)12(14(25)26)34-37(31,35-36(28,29)30)32-4-6-9(22)11(24)13(33-6)17-2-1-7(20)16-15(17)27;;;/h1-3,5-6,8-13,19,21-24H,4H2,(H,25,26)(H,16,20,27)(H2,28,29,30);;;/q;3*+1/p-3/t5-,6+,8+,9+,10-,11+,12-,13+,37?;;;/m0.../s1. The molecule has 1 saturated heterocycles. The van der Waals surface area contributed by atoms with E-state index in [-0.39, 0.29) is 95.0 Å². The van der Waals surface area contributed by atoms with Gasteiger partial charge in [-0.05, 0) is 0 Å². The van der Waals surface area contributed by atoms with Crippen molar-refractivity contribution in [2.45, 2.75) is 49.0 Å². The van der Waals surface area contributed by atoms with E-state index in [0.717, 1.165) is 12.3 Å². The van der Waals surface area contributed by atoms with Crippen molar-refractivity contribution in [3.05, 3.63) is 33.1 Å². The molecule has 210 valence electrons. The Kier molecular flexibility index (Phi) is 19.3. The molecule has 20 nitrogen and oxygen atoms in total. The van der Waals surface area contributed by atoms with Crippen LogP contribution in [0.5, 0.6) is 0 Å². The minimum Gasteiger partial charge on any atom is -0.789 e. The van der Waals surface area contributed by atoms with Gasteiger partial charge in [-0.25, -0.2) is 9.36 Å². The molecule has 0 amide bonds. The second-order valence-corrected chi connectivity index (χ2v) is 10.2. The largest absolute Gasteiger partial charge is 1.00 e. The second kappa shape index (κ2) is 18.0. The molecule has 0 spiro atoms. The third-order valence-electron chi connectivity index (χ3n) is 4.68. The number of aliphatic hydroxyl groups excluding tert-OH is 5. The molecule has 0 aliphatic carbocycles. The zero-order valence-corrected chi connectivity index (χ0v) is 28.7. The summed E-state index contributed by atoms with van der Waals surface area (Å²) in [5.74, 6) is -2.52. The molecule has 1 aromatic heterocycles. The second-order valence-electron chi connectivity index (χ2n) is 7.29. The van der Waals surface area contributed by atoms with Crippen molar-refractivity contribution in [1.29, 1.82) is 0 Å². The summed E-state index contributed by atoms with van der Waals surface area (Å²) in [7, 11) is -12.2. The molecule has 0 bridgehead atoms. The number of aliphatic carboxylic acids is 1. The molecule has 2 heterocycles. The average Bonchev–Trinajstić information content (AvgIpc) is 3.07. The summed E-state index contributed by atoms with van der Waals surface area (Å²) < 4.78 is 42.0. The molecular formula is C15H19N2Na3O18P2. The predicted molar refractivity (Wildman–Crippen MR) is 103 cm³/mol. The van der Waals surface area contributed by atoms with Gasteiger partial charge in [0.2, 0.25) is 0 Å². The van der Waals surface area contributed by atoms with Crippen molar-refractivity contribution < 1.29 is 166 Å². The number of aromatic nitrogens is 2. The number of nitrogens with zero attached hydrogens (tertiary/aromatic N) is 1. The Bertz CT molecular complexity index is 1190. The smallest absolute Gasteiger partial charge is 0.789 e. The Balaban J connectivity index is 0. The molecule has 2 rings (SSSR count). The molecule has 1 unspecified atom stereocenters. The normalized spacial score (nSPS) is 25.1. The van der Waals surface area contributed by atoms with E-state index in [1.165, 1.54) is 0 Å². The summed E-state index contributed by atoms with van der Waals surface area (Å²) in [5, 5.41) is 60.3. The molecule has 0 radical (unpaired) electrons. The van der Waals surface area contributed by atoms with Gasteiger partial charge in [0.05, 0.1) is 20.4 Å². The van der Waals surface area contributed by atoms with Crippen LogP contribution in [0.2, 0.25) is 0 Å². The van der Waals surface area contributed by atoms with Gasteiger partial charge in [-0.15, -0.1) is 0 Å². The van der Waals surface area contributed by atoms with Crippen molar-refractivity contribution in [3.8, 4) is 0 Å².